The van der Waals surface area contributed by atoms with E-state index in [1.807, 2.05) is 0 Å². The van der Waals surface area contributed by atoms with Crippen LogP contribution in [0.5, 0.6) is 5.75 Å². The lowest BCUT2D eigenvalue weighted by Gasteiger charge is -2.11. The second kappa shape index (κ2) is 5.54. The number of rotatable bonds is 3. The normalized spacial score (nSPS) is 16.1. The van der Waals surface area contributed by atoms with Crippen LogP contribution in [-0.4, -0.2) is 17.6 Å². The van der Waals surface area contributed by atoms with Crippen molar-refractivity contribution in [1.82, 2.24) is 5.32 Å². The third kappa shape index (κ3) is 3.22. The molecule has 2 rings (SSSR count). The van der Waals surface area contributed by atoms with Crippen molar-refractivity contribution in [2.75, 3.05) is 6.54 Å². The fraction of sp³-hybridized carbons (Fsp3) is 0.462. The van der Waals surface area contributed by atoms with Gasteiger partial charge in [-0.3, -0.25) is 4.79 Å². The van der Waals surface area contributed by atoms with Gasteiger partial charge in [0.2, 0.25) is 0 Å². The monoisotopic (exact) mass is 297 g/mol. The second-order valence-electron chi connectivity index (χ2n) is 4.52. The quantitative estimate of drug-likeness (QED) is 0.901. The van der Waals surface area contributed by atoms with Crippen LogP contribution in [0.4, 0.5) is 0 Å². The molecule has 1 aliphatic carbocycles. The molecule has 1 aliphatic rings. The van der Waals surface area contributed by atoms with Crippen molar-refractivity contribution in [3.8, 4) is 5.75 Å². The van der Waals surface area contributed by atoms with Gasteiger partial charge in [-0.05, 0) is 37.0 Å². The average Bonchev–Trinajstić information content (AvgIpc) is 2.82. The van der Waals surface area contributed by atoms with E-state index in [1.165, 1.54) is 31.7 Å². The van der Waals surface area contributed by atoms with Crippen LogP contribution in [0.2, 0.25) is 0 Å². The Labute approximate surface area is 109 Å². The summed E-state index contributed by atoms with van der Waals surface area (Å²) in [5.74, 6) is 0.432. The molecular weight excluding hydrogens is 282 g/mol. The highest BCUT2D eigenvalue weighted by molar-refractivity contribution is 9.10. The van der Waals surface area contributed by atoms with Gasteiger partial charge in [0, 0.05) is 11.0 Å². The summed E-state index contributed by atoms with van der Waals surface area (Å²) in [6.07, 6.45) is 4.93. The smallest absolute Gasteiger partial charge is 0.255 e. The standard InChI is InChI=1S/C13H16BrNO2/c14-10-5-6-12(16)11(7-10)13(17)15-8-9-3-1-2-4-9/h5-7,9,16H,1-4,8H2,(H,15,17). The predicted molar refractivity (Wildman–Crippen MR) is 70.1 cm³/mol. The molecule has 0 heterocycles. The van der Waals surface area contributed by atoms with E-state index in [0.717, 1.165) is 4.47 Å². The van der Waals surface area contributed by atoms with Crippen LogP contribution in [0.15, 0.2) is 22.7 Å². The molecule has 3 nitrogen and oxygen atoms in total. The number of carbonyl (C=O) groups excluding carboxylic acids is 1. The zero-order valence-corrected chi connectivity index (χ0v) is 11.2. The largest absolute Gasteiger partial charge is 0.507 e. The number of hydrogen-bond donors (Lipinski definition) is 2. The van der Waals surface area contributed by atoms with Gasteiger partial charge < -0.3 is 10.4 Å². The fourth-order valence-corrected chi connectivity index (χ4v) is 2.60. The van der Waals surface area contributed by atoms with Crippen molar-refractivity contribution < 1.29 is 9.90 Å². The molecule has 1 saturated carbocycles. The maximum absolute atomic E-state index is 11.9. The number of carbonyl (C=O) groups is 1. The highest BCUT2D eigenvalue weighted by atomic mass is 79.9. The average molecular weight is 298 g/mol. The lowest BCUT2D eigenvalue weighted by Crippen LogP contribution is -2.28. The minimum atomic E-state index is -0.198. The lowest BCUT2D eigenvalue weighted by atomic mass is 10.1. The third-order valence-electron chi connectivity index (χ3n) is 3.23. The van der Waals surface area contributed by atoms with Crippen LogP contribution in [-0.2, 0) is 0 Å². The first-order valence-corrected chi connectivity index (χ1v) is 6.73. The molecule has 4 heteroatoms. The molecule has 1 fully saturated rings. The Morgan fingerprint density at radius 3 is 2.82 bits per heavy atom. The number of halogens is 1. The van der Waals surface area contributed by atoms with Crippen LogP contribution >= 0.6 is 15.9 Å². The summed E-state index contributed by atoms with van der Waals surface area (Å²) in [6, 6.07) is 4.87. The Morgan fingerprint density at radius 1 is 1.41 bits per heavy atom. The van der Waals surface area contributed by atoms with Crippen LogP contribution in [0.3, 0.4) is 0 Å². The maximum atomic E-state index is 11.9. The Balaban J connectivity index is 1.96. The molecule has 0 aromatic heterocycles. The lowest BCUT2D eigenvalue weighted by molar-refractivity contribution is 0.0944. The Morgan fingerprint density at radius 2 is 2.12 bits per heavy atom. The van der Waals surface area contributed by atoms with E-state index in [0.29, 0.717) is 18.0 Å². The third-order valence-corrected chi connectivity index (χ3v) is 3.72. The summed E-state index contributed by atoms with van der Waals surface area (Å²) < 4.78 is 0.793. The minimum absolute atomic E-state index is 0.0251. The number of amides is 1. The van der Waals surface area contributed by atoms with E-state index >= 15 is 0 Å². The molecule has 0 aliphatic heterocycles. The first kappa shape index (κ1) is 12.4. The molecule has 1 amide bonds. The molecule has 0 radical (unpaired) electrons. The minimum Gasteiger partial charge on any atom is -0.507 e. The fourth-order valence-electron chi connectivity index (χ4n) is 2.24. The van der Waals surface area contributed by atoms with E-state index in [2.05, 4.69) is 21.2 Å². The van der Waals surface area contributed by atoms with Crippen molar-refractivity contribution in [2.24, 2.45) is 5.92 Å². The zero-order chi connectivity index (χ0) is 12.3. The summed E-state index contributed by atoms with van der Waals surface area (Å²) in [7, 11) is 0. The highest BCUT2D eigenvalue weighted by Crippen LogP contribution is 2.25. The number of benzene rings is 1. The van der Waals surface area contributed by atoms with E-state index in [1.54, 1.807) is 12.1 Å². The van der Waals surface area contributed by atoms with Gasteiger partial charge in [0.25, 0.3) is 5.91 Å². The molecule has 0 spiro atoms. The van der Waals surface area contributed by atoms with Crippen molar-refractivity contribution in [3.05, 3.63) is 28.2 Å². The van der Waals surface area contributed by atoms with Crippen molar-refractivity contribution in [2.45, 2.75) is 25.7 Å². The number of phenolic OH excluding ortho intramolecular Hbond substituents is 1. The van der Waals surface area contributed by atoms with Crippen LogP contribution in [0, 0.1) is 5.92 Å². The summed E-state index contributed by atoms with van der Waals surface area (Å²) in [5.41, 5.74) is 0.331. The summed E-state index contributed by atoms with van der Waals surface area (Å²) in [4.78, 5) is 11.9. The van der Waals surface area contributed by atoms with Crippen molar-refractivity contribution in [3.63, 3.8) is 0 Å². The number of phenols is 1. The van der Waals surface area contributed by atoms with E-state index < -0.39 is 0 Å². The van der Waals surface area contributed by atoms with Crippen molar-refractivity contribution in [1.29, 1.82) is 0 Å². The van der Waals surface area contributed by atoms with Crippen LogP contribution in [0.25, 0.3) is 0 Å². The summed E-state index contributed by atoms with van der Waals surface area (Å²) >= 11 is 3.29. The van der Waals surface area contributed by atoms with E-state index in [4.69, 9.17) is 0 Å². The van der Waals surface area contributed by atoms with E-state index in [9.17, 15) is 9.90 Å². The van der Waals surface area contributed by atoms with E-state index in [-0.39, 0.29) is 11.7 Å². The van der Waals surface area contributed by atoms with Gasteiger partial charge in [-0.25, -0.2) is 0 Å². The van der Waals surface area contributed by atoms with Gasteiger partial charge in [-0.15, -0.1) is 0 Å². The van der Waals surface area contributed by atoms with Gasteiger partial charge in [-0.1, -0.05) is 28.8 Å². The number of aromatic hydroxyl groups is 1. The number of nitrogens with one attached hydrogen (secondary N) is 1. The molecule has 17 heavy (non-hydrogen) atoms. The summed E-state index contributed by atoms with van der Waals surface area (Å²) in [6.45, 7) is 0.713. The number of hydrogen-bond acceptors (Lipinski definition) is 2. The highest BCUT2D eigenvalue weighted by Gasteiger charge is 2.17. The van der Waals surface area contributed by atoms with Gasteiger partial charge in [-0.2, -0.15) is 0 Å². The SMILES string of the molecule is O=C(NCC1CCCC1)c1cc(Br)ccc1O. The van der Waals surface area contributed by atoms with Gasteiger partial charge in [0.15, 0.2) is 0 Å². The zero-order valence-electron chi connectivity index (χ0n) is 9.58. The van der Waals surface area contributed by atoms with Gasteiger partial charge in [0.05, 0.1) is 5.56 Å². The molecule has 0 atom stereocenters. The summed E-state index contributed by atoms with van der Waals surface area (Å²) in [5, 5.41) is 12.5. The van der Waals surface area contributed by atoms with Crippen molar-refractivity contribution >= 4 is 21.8 Å². The van der Waals surface area contributed by atoms with Gasteiger partial charge >= 0.3 is 0 Å². The Hall–Kier alpha value is -1.03. The Kier molecular flexibility index (Phi) is 4.05. The van der Waals surface area contributed by atoms with Crippen LogP contribution < -0.4 is 5.32 Å². The molecule has 92 valence electrons. The molecule has 2 N–H and O–H groups in total. The molecule has 1 aromatic rings. The first-order valence-electron chi connectivity index (χ1n) is 5.93. The topological polar surface area (TPSA) is 49.3 Å². The maximum Gasteiger partial charge on any atom is 0.255 e. The molecular formula is C13H16BrNO2. The predicted octanol–water partition coefficient (Wildman–Crippen LogP) is 3.07. The second-order valence-corrected chi connectivity index (χ2v) is 5.44. The molecule has 0 saturated heterocycles. The molecule has 0 unspecified atom stereocenters. The molecule has 1 aromatic carbocycles. The van der Waals surface area contributed by atoms with Crippen LogP contribution in [0.1, 0.15) is 36.0 Å². The molecule has 0 bridgehead atoms. The first-order chi connectivity index (χ1) is 8.16. The Bertz CT molecular complexity index is 414. The van der Waals surface area contributed by atoms with Gasteiger partial charge in [0.1, 0.15) is 5.75 Å².